The number of allylic oxidation sites excluding steroid dienone is 1. The SMILES string of the molecule is Cc1c(/C=C/C(=O)CCc2ccccc2)[nH]c(=O)[nH]c1=O. The van der Waals surface area contributed by atoms with Crippen LogP contribution < -0.4 is 11.2 Å². The summed E-state index contributed by atoms with van der Waals surface area (Å²) >= 11 is 0. The second-order valence-electron chi connectivity index (χ2n) is 4.73. The molecule has 1 aromatic heterocycles. The quantitative estimate of drug-likeness (QED) is 0.818. The molecule has 2 rings (SSSR count). The molecule has 0 amide bonds. The number of carbonyl (C=O) groups is 1. The van der Waals surface area contributed by atoms with Gasteiger partial charge in [0.15, 0.2) is 5.78 Å². The molecular weight excluding hydrogens is 268 g/mol. The molecule has 0 bridgehead atoms. The highest BCUT2D eigenvalue weighted by Gasteiger charge is 2.03. The maximum atomic E-state index is 11.8. The first-order valence-electron chi connectivity index (χ1n) is 6.64. The van der Waals surface area contributed by atoms with Crippen LogP contribution in [0.15, 0.2) is 46.0 Å². The number of aromatic nitrogens is 2. The highest BCUT2D eigenvalue weighted by Crippen LogP contribution is 2.04. The largest absolute Gasteiger partial charge is 0.326 e. The molecule has 2 N–H and O–H groups in total. The van der Waals surface area contributed by atoms with Crippen LogP contribution in [-0.2, 0) is 11.2 Å². The first kappa shape index (κ1) is 14.7. The van der Waals surface area contributed by atoms with E-state index in [1.54, 1.807) is 6.92 Å². The predicted molar refractivity (Wildman–Crippen MR) is 81.2 cm³/mol. The van der Waals surface area contributed by atoms with Crippen molar-refractivity contribution in [2.75, 3.05) is 0 Å². The third-order valence-corrected chi connectivity index (χ3v) is 3.16. The van der Waals surface area contributed by atoms with Crippen molar-refractivity contribution in [2.24, 2.45) is 0 Å². The van der Waals surface area contributed by atoms with Gasteiger partial charge < -0.3 is 4.98 Å². The van der Waals surface area contributed by atoms with Gasteiger partial charge in [-0.15, -0.1) is 0 Å². The van der Waals surface area contributed by atoms with Crippen molar-refractivity contribution >= 4 is 11.9 Å². The summed E-state index contributed by atoms with van der Waals surface area (Å²) in [4.78, 5) is 39.0. The third kappa shape index (κ3) is 4.14. The Hall–Kier alpha value is -2.69. The molecule has 0 aliphatic heterocycles. The molecule has 5 nitrogen and oxygen atoms in total. The van der Waals surface area contributed by atoms with Crippen LogP contribution in [0.5, 0.6) is 0 Å². The standard InChI is InChI=1S/C16H16N2O3/c1-11-14(17-16(21)18-15(11)20)10-9-13(19)8-7-12-5-3-2-4-6-12/h2-6,9-10H,7-8H2,1H3,(H2,17,18,20,21)/b10-9+. The number of ketones is 1. The number of hydrogen-bond acceptors (Lipinski definition) is 3. The molecule has 0 fully saturated rings. The van der Waals surface area contributed by atoms with Gasteiger partial charge in [0.25, 0.3) is 5.56 Å². The van der Waals surface area contributed by atoms with E-state index in [0.29, 0.717) is 24.1 Å². The minimum atomic E-state index is -0.581. The van der Waals surface area contributed by atoms with Crippen LogP contribution in [0.1, 0.15) is 23.2 Å². The van der Waals surface area contributed by atoms with Crippen molar-refractivity contribution in [3.63, 3.8) is 0 Å². The van der Waals surface area contributed by atoms with E-state index in [-0.39, 0.29) is 5.78 Å². The summed E-state index contributed by atoms with van der Waals surface area (Å²) < 4.78 is 0. The molecule has 1 heterocycles. The second-order valence-corrected chi connectivity index (χ2v) is 4.73. The fraction of sp³-hybridized carbons (Fsp3) is 0.188. The highest BCUT2D eigenvalue weighted by atomic mass is 16.2. The van der Waals surface area contributed by atoms with Crippen molar-refractivity contribution in [1.82, 2.24) is 9.97 Å². The van der Waals surface area contributed by atoms with E-state index in [2.05, 4.69) is 9.97 Å². The van der Waals surface area contributed by atoms with Gasteiger partial charge in [-0.2, -0.15) is 0 Å². The van der Waals surface area contributed by atoms with E-state index >= 15 is 0 Å². The van der Waals surface area contributed by atoms with Gasteiger partial charge >= 0.3 is 5.69 Å². The molecule has 1 aromatic carbocycles. The molecule has 21 heavy (non-hydrogen) atoms. The van der Waals surface area contributed by atoms with Crippen molar-refractivity contribution in [1.29, 1.82) is 0 Å². The van der Waals surface area contributed by atoms with Gasteiger partial charge in [0.05, 0.1) is 5.69 Å². The maximum absolute atomic E-state index is 11.8. The Labute approximate surface area is 121 Å². The number of H-pyrrole nitrogens is 2. The van der Waals surface area contributed by atoms with Crippen molar-refractivity contribution in [3.8, 4) is 0 Å². The van der Waals surface area contributed by atoms with Gasteiger partial charge in [0.1, 0.15) is 0 Å². The fourth-order valence-electron chi connectivity index (χ4n) is 1.90. The molecule has 108 valence electrons. The number of aromatic amines is 2. The second kappa shape index (κ2) is 6.65. The lowest BCUT2D eigenvalue weighted by molar-refractivity contribution is -0.114. The maximum Gasteiger partial charge on any atom is 0.326 e. The van der Waals surface area contributed by atoms with E-state index < -0.39 is 11.2 Å². The molecule has 5 heteroatoms. The molecule has 0 aliphatic rings. The molecule has 0 spiro atoms. The summed E-state index contributed by atoms with van der Waals surface area (Å²) in [7, 11) is 0. The van der Waals surface area contributed by atoms with E-state index in [1.807, 2.05) is 30.3 Å². The van der Waals surface area contributed by atoms with Crippen LogP contribution in [0.25, 0.3) is 6.08 Å². The molecule has 0 atom stereocenters. The average molecular weight is 284 g/mol. The van der Waals surface area contributed by atoms with E-state index in [0.717, 1.165) is 5.56 Å². The topological polar surface area (TPSA) is 82.8 Å². The normalized spacial score (nSPS) is 10.9. The van der Waals surface area contributed by atoms with Crippen LogP contribution in [0.2, 0.25) is 0 Å². The van der Waals surface area contributed by atoms with Crippen LogP contribution in [-0.4, -0.2) is 15.8 Å². The zero-order valence-electron chi connectivity index (χ0n) is 11.7. The number of aryl methyl sites for hydroxylation is 1. The van der Waals surface area contributed by atoms with E-state index in [9.17, 15) is 14.4 Å². The van der Waals surface area contributed by atoms with Crippen LogP contribution in [0.4, 0.5) is 0 Å². The first-order chi connectivity index (χ1) is 10.1. The molecule has 0 saturated carbocycles. The monoisotopic (exact) mass is 284 g/mol. The van der Waals surface area contributed by atoms with Crippen molar-refractivity contribution in [3.05, 3.63) is 74.1 Å². The summed E-state index contributed by atoms with van der Waals surface area (Å²) in [6.07, 6.45) is 3.90. The first-order valence-corrected chi connectivity index (χ1v) is 6.64. The molecule has 0 aliphatic carbocycles. The third-order valence-electron chi connectivity index (χ3n) is 3.16. The summed E-state index contributed by atoms with van der Waals surface area (Å²) in [6, 6.07) is 9.72. The number of benzene rings is 1. The van der Waals surface area contributed by atoms with Gasteiger partial charge in [-0.1, -0.05) is 30.3 Å². The zero-order chi connectivity index (χ0) is 15.2. The Morgan fingerprint density at radius 1 is 1.14 bits per heavy atom. The van der Waals surface area contributed by atoms with Gasteiger partial charge in [0.2, 0.25) is 0 Å². The minimum absolute atomic E-state index is 0.0561. The Balaban J connectivity index is 2.03. The lowest BCUT2D eigenvalue weighted by atomic mass is 10.1. The lowest BCUT2D eigenvalue weighted by Gasteiger charge is -1.99. The van der Waals surface area contributed by atoms with E-state index in [1.165, 1.54) is 12.2 Å². The molecular formula is C16H16N2O3. The predicted octanol–water partition coefficient (Wildman–Crippen LogP) is 1.59. The number of hydrogen-bond donors (Lipinski definition) is 2. The number of rotatable bonds is 5. The molecule has 0 saturated heterocycles. The minimum Gasteiger partial charge on any atom is -0.307 e. The average Bonchev–Trinajstić information content (AvgIpc) is 2.48. The van der Waals surface area contributed by atoms with Crippen LogP contribution in [0, 0.1) is 6.92 Å². The van der Waals surface area contributed by atoms with Crippen LogP contribution in [0.3, 0.4) is 0 Å². The molecule has 0 unspecified atom stereocenters. The summed E-state index contributed by atoms with van der Waals surface area (Å²) in [5.41, 5.74) is 0.802. The van der Waals surface area contributed by atoms with Crippen molar-refractivity contribution in [2.45, 2.75) is 19.8 Å². The van der Waals surface area contributed by atoms with E-state index in [4.69, 9.17) is 0 Å². The molecule has 2 aromatic rings. The number of nitrogens with one attached hydrogen (secondary N) is 2. The Morgan fingerprint density at radius 2 is 1.86 bits per heavy atom. The fourth-order valence-corrected chi connectivity index (χ4v) is 1.90. The van der Waals surface area contributed by atoms with Gasteiger partial charge in [-0.25, -0.2) is 4.79 Å². The Bertz CT molecular complexity index is 770. The Kier molecular flexibility index (Phi) is 4.66. The van der Waals surface area contributed by atoms with Gasteiger partial charge in [0, 0.05) is 12.0 Å². The van der Waals surface area contributed by atoms with Crippen LogP contribution >= 0.6 is 0 Å². The highest BCUT2D eigenvalue weighted by molar-refractivity contribution is 5.93. The summed E-state index contributed by atoms with van der Waals surface area (Å²) in [5.74, 6) is -0.0561. The zero-order valence-corrected chi connectivity index (χ0v) is 11.7. The summed E-state index contributed by atoms with van der Waals surface area (Å²) in [6.45, 7) is 1.59. The molecule has 0 radical (unpaired) electrons. The number of carbonyl (C=O) groups excluding carboxylic acids is 1. The van der Waals surface area contributed by atoms with Gasteiger partial charge in [-0.05, 0) is 31.1 Å². The Morgan fingerprint density at radius 3 is 2.57 bits per heavy atom. The summed E-state index contributed by atoms with van der Waals surface area (Å²) in [5, 5.41) is 0. The van der Waals surface area contributed by atoms with Gasteiger partial charge in [-0.3, -0.25) is 14.6 Å². The van der Waals surface area contributed by atoms with Crippen molar-refractivity contribution < 1.29 is 4.79 Å². The lowest BCUT2D eigenvalue weighted by Crippen LogP contribution is -2.25. The smallest absolute Gasteiger partial charge is 0.307 e.